The smallest absolute Gasteiger partial charge is 0.0790 e. The van der Waals surface area contributed by atoms with E-state index >= 15 is 0 Å². The van der Waals surface area contributed by atoms with E-state index in [1.165, 1.54) is 0 Å². The number of hydrogen-bond donors (Lipinski definition) is 1. The Morgan fingerprint density at radius 3 is 2.78 bits per heavy atom. The Kier molecular flexibility index (Phi) is 3.68. The zero-order valence-corrected chi connectivity index (χ0v) is 11.6. The molecule has 0 radical (unpaired) electrons. The van der Waals surface area contributed by atoms with Gasteiger partial charge in [-0.05, 0) is 32.9 Å². The minimum absolute atomic E-state index is 0.0761. The molecule has 0 unspecified atom stereocenters. The van der Waals surface area contributed by atoms with Gasteiger partial charge in [-0.15, -0.1) is 0 Å². The molecule has 5 heteroatoms. The number of nitrogens with one attached hydrogen (secondary N) is 1. The maximum absolute atomic E-state index is 5.86. The molecule has 0 saturated carbocycles. The Balaban J connectivity index is 2.15. The number of rotatable bonds is 3. The molecule has 2 rings (SSSR count). The Labute approximate surface area is 112 Å². The van der Waals surface area contributed by atoms with E-state index in [4.69, 9.17) is 11.6 Å². The molecule has 1 N–H and O–H groups in total. The van der Waals surface area contributed by atoms with Crippen molar-refractivity contribution in [2.24, 2.45) is 0 Å². The van der Waals surface area contributed by atoms with Crippen LogP contribution in [0.2, 0.25) is 5.02 Å². The lowest BCUT2D eigenvalue weighted by Crippen LogP contribution is -2.35. The quantitative estimate of drug-likeness (QED) is 0.927. The number of hydrogen-bond acceptors (Lipinski definition) is 3. The third-order valence-corrected chi connectivity index (χ3v) is 2.61. The van der Waals surface area contributed by atoms with Crippen LogP contribution in [0.25, 0.3) is 5.69 Å². The van der Waals surface area contributed by atoms with Crippen LogP contribution >= 0.6 is 11.6 Å². The van der Waals surface area contributed by atoms with Gasteiger partial charge < -0.3 is 5.32 Å². The van der Waals surface area contributed by atoms with E-state index in [2.05, 4.69) is 36.2 Å². The van der Waals surface area contributed by atoms with Crippen LogP contribution in [0.3, 0.4) is 0 Å². The molecular formula is C13H17ClN4. The van der Waals surface area contributed by atoms with Crippen LogP contribution in [-0.4, -0.2) is 20.3 Å². The van der Waals surface area contributed by atoms with Gasteiger partial charge in [-0.25, -0.2) is 4.68 Å². The zero-order chi connectivity index (χ0) is 13.2. The molecule has 0 fully saturated rings. The van der Waals surface area contributed by atoms with Crippen molar-refractivity contribution in [2.75, 3.05) is 0 Å². The highest BCUT2D eigenvalue weighted by atomic mass is 35.5. The molecule has 18 heavy (non-hydrogen) atoms. The first kappa shape index (κ1) is 13.1. The van der Waals surface area contributed by atoms with E-state index in [-0.39, 0.29) is 5.54 Å². The molecule has 0 aliphatic rings. The normalized spacial score (nSPS) is 11.8. The van der Waals surface area contributed by atoms with Crippen LogP contribution in [0.15, 0.2) is 30.7 Å². The SMILES string of the molecule is CC(C)(C)NCc1cc(-n2cc(Cl)cn2)ccn1. The summed E-state index contributed by atoms with van der Waals surface area (Å²) >= 11 is 5.86. The summed E-state index contributed by atoms with van der Waals surface area (Å²) in [6, 6.07) is 3.91. The maximum atomic E-state index is 5.86. The molecule has 0 aromatic carbocycles. The number of nitrogens with zero attached hydrogens (tertiary/aromatic N) is 3. The standard InChI is InChI=1S/C13H17ClN4/c1-13(2,3)16-8-11-6-12(4-5-15-11)18-9-10(14)7-17-18/h4-7,9,16H,8H2,1-3H3. The molecule has 2 heterocycles. The van der Waals surface area contributed by atoms with Gasteiger partial charge in [0.25, 0.3) is 0 Å². The van der Waals surface area contributed by atoms with Gasteiger partial charge in [0.15, 0.2) is 0 Å². The maximum Gasteiger partial charge on any atom is 0.0790 e. The molecule has 0 amide bonds. The fourth-order valence-corrected chi connectivity index (χ4v) is 1.64. The van der Waals surface area contributed by atoms with Gasteiger partial charge in [-0.2, -0.15) is 5.10 Å². The van der Waals surface area contributed by atoms with Gasteiger partial charge in [-0.1, -0.05) is 11.6 Å². The van der Waals surface area contributed by atoms with Crippen LogP contribution in [0.1, 0.15) is 26.5 Å². The van der Waals surface area contributed by atoms with E-state index in [1.54, 1.807) is 23.3 Å². The summed E-state index contributed by atoms with van der Waals surface area (Å²) in [6.07, 6.45) is 5.18. The molecule has 0 aliphatic heterocycles. The van der Waals surface area contributed by atoms with E-state index in [9.17, 15) is 0 Å². The van der Waals surface area contributed by atoms with Crippen LogP contribution in [0, 0.1) is 0 Å². The zero-order valence-electron chi connectivity index (χ0n) is 10.8. The monoisotopic (exact) mass is 264 g/mol. The van der Waals surface area contributed by atoms with Gasteiger partial charge in [-0.3, -0.25) is 4.98 Å². The molecule has 0 atom stereocenters. The topological polar surface area (TPSA) is 42.7 Å². The largest absolute Gasteiger partial charge is 0.306 e. The average molecular weight is 265 g/mol. The van der Waals surface area contributed by atoms with Crippen LogP contribution < -0.4 is 5.32 Å². The summed E-state index contributed by atoms with van der Waals surface area (Å²) in [7, 11) is 0. The third-order valence-electron chi connectivity index (χ3n) is 2.42. The first-order valence-corrected chi connectivity index (χ1v) is 6.22. The molecular weight excluding hydrogens is 248 g/mol. The molecule has 2 aromatic rings. The summed E-state index contributed by atoms with van der Waals surface area (Å²) in [4.78, 5) is 4.34. The Bertz CT molecular complexity index is 528. The predicted octanol–water partition coefficient (Wildman–Crippen LogP) is 2.81. The highest BCUT2D eigenvalue weighted by Crippen LogP contribution is 2.12. The summed E-state index contributed by atoms with van der Waals surface area (Å²) in [6.45, 7) is 7.12. The van der Waals surface area contributed by atoms with Crippen molar-refractivity contribution in [3.05, 3.63) is 41.4 Å². The van der Waals surface area contributed by atoms with Crippen molar-refractivity contribution in [3.8, 4) is 5.69 Å². The van der Waals surface area contributed by atoms with E-state index < -0.39 is 0 Å². The highest BCUT2D eigenvalue weighted by Gasteiger charge is 2.09. The molecule has 2 aromatic heterocycles. The molecule has 0 spiro atoms. The van der Waals surface area contributed by atoms with Crippen molar-refractivity contribution < 1.29 is 0 Å². The van der Waals surface area contributed by atoms with Crippen molar-refractivity contribution in [1.29, 1.82) is 0 Å². The fraction of sp³-hybridized carbons (Fsp3) is 0.385. The molecule has 0 saturated heterocycles. The van der Waals surface area contributed by atoms with Gasteiger partial charge in [0.2, 0.25) is 0 Å². The van der Waals surface area contributed by atoms with Crippen LogP contribution in [-0.2, 0) is 6.54 Å². The predicted molar refractivity (Wildman–Crippen MR) is 73.0 cm³/mol. The molecule has 0 bridgehead atoms. The van der Waals surface area contributed by atoms with E-state index in [0.717, 1.165) is 17.9 Å². The van der Waals surface area contributed by atoms with Crippen LogP contribution in [0.5, 0.6) is 0 Å². The second-order valence-electron chi connectivity index (χ2n) is 5.21. The lowest BCUT2D eigenvalue weighted by Gasteiger charge is -2.20. The second-order valence-corrected chi connectivity index (χ2v) is 5.65. The summed E-state index contributed by atoms with van der Waals surface area (Å²) in [5, 5.41) is 8.20. The van der Waals surface area contributed by atoms with E-state index in [1.807, 2.05) is 12.1 Å². The Morgan fingerprint density at radius 1 is 1.39 bits per heavy atom. The second kappa shape index (κ2) is 5.08. The molecule has 4 nitrogen and oxygen atoms in total. The molecule has 0 aliphatic carbocycles. The number of halogens is 1. The van der Waals surface area contributed by atoms with E-state index in [0.29, 0.717) is 5.02 Å². The summed E-state index contributed by atoms with van der Waals surface area (Å²) in [5.74, 6) is 0. The summed E-state index contributed by atoms with van der Waals surface area (Å²) in [5.41, 5.74) is 2.02. The van der Waals surface area contributed by atoms with Crippen molar-refractivity contribution in [2.45, 2.75) is 32.9 Å². The van der Waals surface area contributed by atoms with Crippen molar-refractivity contribution in [1.82, 2.24) is 20.1 Å². The van der Waals surface area contributed by atoms with Gasteiger partial charge >= 0.3 is 0 Å². The molecule has 96 valence electrons. The summed E-state index contributed by atoms with van der Waals surface area (Å²) < 4.78 is 1.74. The lowest BCUT2D eigenvalue weighted by atomic mass is 10.1. The van der Waals surface area contributed by atoms with Crippen LogP contribution in [0.4, 0.5) is 0 Å². The highest BCUT2D eigenvalue weighted by molar-refractivity contribution is 6.30. The number of aromatic nitrogens is 3. The first-order chi connectivity index (χ1) is 8.44. The third kappa shape index (κ3) is 3.55. The fourth-order valence-electron chi connectivity index (χ4n) is 1.50. The van der Waals surface area contributed by atoms with Gasteiger partial charge in [0, 0.05) is 24.5 Å². The Morgan fingerprint density at radius 2 is 2.17 bits per heavy atom. The van der Waals surface area contributed by atoms with Gasteiger partial charge in [0.1, 0.15) is 0 Å². The minimum atomic E-state index is 0.0761. The van der Waals surface area contributed by atoms with Crippen molar-refractivity contribution in [3.63, 3.8) is 0 Å². The first-order valence-electron chi connectivity index (χ1n) is 5.84. The average Bonchev–Trinajstić information content (AvgIpc) is 2.73. The lowest BCUT2D eigenvalue weighted by molar-refractivity contribution is 0.421. The Hall–Kier alpha value is -1.39. The minimum Gasteiger partial charge on any atom is -0.306 e. The number of pyridine rings is 1. The van der Waals surface area contributed by atoms with Crippen molar-refractivity contribution >= 4 is 11.6 Å². The van der Waals surface area contributed by atoms with Gasteiger partial charge in [0.05, 0.1) is 22.6 Å².